The van der Waals surface area contributed by atoms with Crippen LogP contribution in [0.3, 0.4) is 0 Å². The first-order valence-electron chi connectivity index (χ1n) is 10.4. The van der Waals surface area contributed by atoms with Gasteiger partial charge in [0.15, 0.2) is 0 Å². The Morgan fingerprint density at radius 3 is 2.77 bits per heavy atom. The number of carbonyl (C=O) groups excluding carboxylic acids is 1. The largest absolute Gasteiger partial charge is 0.352 e. The van der Waals surface area contributed by atoms with Gasteiger partial charge in [0, 0.05) is 30.0 Å². The van der Waals surface area contributed by atoms with Gasteiger partial charge in [0.05, 0.1) is 10.7 Å². The second-order valence-corrected chi connectivity index (χ2v) is 9.24. The molecule has 1 N–H and O–H groups in total. The molecule has 0 radical (unpaired) electrons. The van der Waals surface area contributed by atoms with E-state index in [1.54, 1.807) is 24.3 Å². The zero-order valence-corrected chi connectivity index (χ0v) is 19.0. The average molecular weight is 458 g/mol. The van der Waals surface area contributed by atoms with Crippen LogP contribution in [0.2, 0.25) is 5.02 Å². The molecule has 0 unspecified atom stereocenters. The number of rotatable bonds is 6. The lowest BCUT2D eigenvalue weighted by molar-refractivity contribution is -0.126. The lowest BCUT2D eigenvalue weighted by Gasteiger charge is -2.30. The highest BCUT2D eigenvalue weighted by molar-refractivity contribution is 7.13. The maximum absolute atomic E-state index is 13.7. The maximum Gasteiger partial charge on any atom is 0.223 e. The number of halogens is 2. The predicted molar refractivity (Wildman–Crippen MR) is 124 cm³/mol. The van der Waals surface area contributed by atoms with Gasteiger partial charge in [-0.1, -0.05) is 41.9 Å². The van der Waals surface area contributed by atoms with Crippen molar-refractivity contribution < 1.29 is 9.18 Å². The second kappa shape index (κ2) is 9.90. The van der Waals surface area contributed by atoms with E-state index in [1.807, 2.05) is 30.3 Å². The fourth-order valence-electron chi connectivity index (χ4n) is 3.80. The highest BCUT2D eigenvalue weighted by Crippen LogP contribution is 2.30. The van der Waals surface area contributed by atoms with E-state index in [-0.39, 0.29) is 17.6 Å². The van der Waals surface area contributed by atoms with Crippen LogP contribution in [-0.2, 0) is 17.9 Å². The summed E-state index contributed by atoms with van der Waals surface area (Å²) < 4.78 is 13.7. The molecular formula is C24H25ClFN3OS. The smallest absolute Gasteiger partial charge is 0.223 e. The Kier molecular flexibility index (Phi) is 7.00. The van der Waals surface area contributed by atoms with Crippen molar-refractivity contribution in [3.63, 3.8) is 0 Å². The first-order valence-corrected chi connectivity index (χ1v) is 11.7. The van der Waals surface area contributed by atoms with Crippen molar-refractivity contribution in [1.29, 1.82) is 0 Å². The number of piperidine rings is 1. The van der Waals surface area contributed by atoms with Crippen LogP contribution in [0.15, 0.2) is 47.8 Å². The van der Waals surface area contributed by atoms with Gasteiger partial charge in [-0.05, 0) is 56.1 Å². The van der Waals surface area contributed by atoms with Gasteiger partial charge in [-0.25, -0.2) is 9.37 Å². The number of amides is 1. The fraction of sp³-hybridized carbons (Fsp3) is 0.333. The summed E-state index contributed by atoms with van der Waals surface area (Å²) in [6.45, 7) is 4.58. The van der Waals surface area contributed by atoms with Crippen LogP contribution in [0, 0.1) is 18.7 Å². The molecule has 4 rings (SSSR count). The van der Waals surface area contributed by atoms with E-state index in [2.05, 4.69) is 15.6 Å². The number of likely N-dealkylation sites (tertiary alicyclic amines) is 1. The Morgan fingerprint density at radius 2 is 2.03 bits per heavy atom. The van der Waals surface area contributed by atoms with E-state index in [9.17, 15) is 9.18 Å². The van der Waals surface area contributed by atoms with Crippen molar-refractivity contribution in [3.8, 4) is 10.6 Å². The molecule has 162 valence electrons. The van der Waals surface area contributed by atoms with E-state index in [0.29, 0.717) is 17.1 Å². The third kappa shape index (κ3) is 5.50. The van der Waals surface area contributed by atoms with Crippen LogP contribution in [0.1, 0.15) is 29.7 Å². The van der Waals surface area contributed by atoms with Crippen molar-refractivity contribution in [1.82, 2.24) is 15.2 Å². The third-order valence-corrected chi connectivity index (χ3v) is 6.96. The molecular weight excluding hydrogens is 433 g/mol. The zero-order chi connectivity index (χ0) is 21.8. The molecule has 1 saturated heterocycles. The number of thiazole rings is 1. The molecule has 1 fully saturated rings. The zero-order valence-electron chi connectivity index (χ0n) is 17.4. The monoisotopic (exact) mass is 457 g/mol. The molecule has 1 aromatic heterocycles. The van der Waals surface area contributed by atoms with Crippen LogP contribution in [0.25, 0.3) is 10.6 Å². The van der Waals surface area contributed by atoms with Crippen LogP contribution in [0.4, 0.5) is 4.39 Å². The number of nitrogens with one attached hydrogen (secondary N) is 1. The van der Waals surface area contributed by atoms with Gasteiger partial charge in [-0.3, -0.25) is 9.69 Å². The van der Waals surface area contributed by atoms with Crippen LogP contribution in [-0.4, -0.2) is 28.9 Å². The number of aryl methyl sites for hydroxylation is 1. The molecule has 0 saturated carbocycles. The summed E-state index contributed by atoms with van der Waals surface area (Å²) in [6, 6.07) is 12.8. The number of hydrogen-bond donors (Lipinski definition) is 1. The Balaban J connectivity index is 1.25. The van der Waals surface area contributed by atoms with Crippen molar-refractivity contribution >= 4 is 28.8 Å². The Bertz CT molecular complexity index is 1060. The van der Waals surface area contributed by atoms with Crippen LogP contribution < -0.4 is 5.32 Å². The molecule has 31 heavy (non-hydrogen) atoms. The van der Waals surface area contributed by atoms with Gasteiger partial charge in [-0.2, -0.15) is 0 Å². The van der Waals surface area contributed by atoms with Gasteiger partial charge in [0.25, 0.3) is 0 Å². The van der Waals surface area contributed by atoms with Gasteiger partial charge in [-0.15, -0.1) is 11.3 Å². The molecule has 4 nitrogen and oxygen atoms in total. The lowest BCUT2D eigenvalue weighted by Crippen LogP contribution is -2.40. The Morgan fingerprint density at radius 1 is 1.26 bits per heavy atom. The molecule has 1 aliphatic rings. The summed E-state index contributed by atoms with van der Waals surface area (Å²) in [5.74, 6) is -0.184. The number of nitrogens with zero attached hydrogens (tertiary/aromatic N) is 2. The molecule has 2 heterocycles. The van der Waals surface area contributed by atoms with E-state index in [0.717, 1.165) is 54.3 Å². The first kappa shape index (κ1) is 21.9. The Labute approximate surface area is 191 Å². The van der Waals surface area contributed by atoms with Gasteiger partial charge in [0.1, 0.15) is 10.8 Å². The maximum atomic E-state index is 13.7. The standard InChI is InChI=1S/C24H25ClFN3OS/c1-16-6-7-17(12-22(16)26)13-27-23(30)18-8-10-29(11-9-18)14-19-15-31-24(28-19)20-4-2-3-5-21(20)25/h2-7,12,15,18H,8-11,13-14H2,1H3,(H,27,30). The number of benzene rings is 2. The highest BCUT2D eigenvalue weighted by atomic mass is 35.5. The molecule has 0 bridgehead atoms. The number of hydrogen-bond acceptors (Lipinski definition) is 4. The average Bonchev–Trinajstić information content (AvgIpc) is 3.23. The minimum Gasteiger partial charge on any atom is -0.352 e. The molecule has 1 aliphatic heterocycles. The topological polar surface area (TPSA) is 45.2 Å². The number of carbonyl (C=O) groups is 1. The van der Waals surface area contributed by atoms with E-state index in [1.165, 1.54) is 6.07 Å². The second-order valence-electron chi connectivity index (χ2n) is 7.98. The molecule has 1 amide bonds. The predicted octanol–water partition coefficient (Wildman–Crippen LogP) is 5.44. The normalized spacial score (nSPS) is 15.2. The van der Waals surface area contributed by atoms with Crippen molar-refractivity contribution in [2.24, 2.45) is 5.92 Å². The third-order valence-electron chi connectivity index (χ3n) is 5.70. The van der Waals surface area contributed by atoms with Crippen molar-refractivity contribution in [2.45, 2.75) is 32.9 Å². The van der Waals surface area contributed by atoms with Gasteiger partial charge in [0.2, 0.25) is 5.91 Å². The summed E-state index contributed by atoms with van der Waals surface area (Å²) in [4.78, 5) is 19.6. The fourth-order valence-corrected chi connectivity index (χ4v) is 4.93. The minimum absolute atomic E-state index is 0.000616. The van der Waals surface area contributed by atoms with E-state index >= 15 is 0 Å². The van der Waals surface area contributed by atoms with E-state index < -0.39 is 0 Å². The van der Waals surface area contributed by atoms with Gasteiger partial charge >= 0.3 is 0 Å². The molecule has 0 atom stereocenters. The lowest BCUT2D eigenvalue weighted by atomic mass is 9.95. The summed E-state index contributed by atoms with van der Waals surface area (Å²) in [7, 11) is 0. The quantitative estimate of drug-likeness (QED) is 0.536. The summed E-state index contributed by atoms with van der Waals surface area (Å²) in [5.41, 5.74) is 3.39. The van der Waals surface area contributed by atoms with Crippen molar-refractivity contribution in [3.05, 3.63) is 75.5 Å². The molecule has 2 aromatic carbocycles. The van der Waals surface area contributed by atoms with Gasteiger partial charge < -0.3 is 5.32 Å². The molecule has 0 spiro atoms. The summed E-state index contributed by atoms with van der Waals surface area (Å²) in [5, 5.41) is 6.69. The molecule has 3 aromatic rings. The first-order chi connectivity index (χ1) is 15.0. The van der Waals surface area contributed by atoms with Crippen LogP contribution in [0.5, 0.6) is 0 Å². The summed E-state index contributed by atoms with van der Waals surface area (Å²) >= 11 is 7.89. The summed E-state index contributed by atoms with van der Waals surface area (Å²) in [6.07, 6.45) is 1.63. The minimum atomic E-state index is -0.236. The van der Waals surface area contributed by atoms with E-state index in [4.69, 9.17) is 16.6 Å². The Hall–Kier alpha value is -2.28. The van der Waals surface area contributed by atoms with Crippen molar-refractivity contribution in [2.75, 3.05) is 13.1 Å². The molecule has 0 aliphatic carbocycles. The number of aromatic nitrogens is 1. The highest BCUT2D eigenvalue weighted by Gasteiger charge is 2.25. The molecule has 7 heteroatoms. The van der Waals surface area contributed by atoms with Crippen LogP contribution >= 0.6 is 22.9 Å². The SMILES string of the molecule is Cc1ccc(CNC(=O)C2CCN(Cc3csc(-c4ccccc4Cl)n3)CC2)cc1F.